The van der Waals surface area contributed by atoms with Crippen LogP contribution in [-0.2, 0) is 14.3 Å². The summed E-state index contributed by atoms with van der Waals surface area (Å²) in [6.45, 7) is 6.82. The molecule has 1 unspecified atom stereocenters. The summed E-state index contributed by atoms with van der Waals surface area (Å²) in [6, 6.07) is 0. The minimum atomic E-state index is -0.623. The molecule has 0 fully saturated rings. The number of hydrogen-bond donors (Lipinski definition) is 1. The van der Waals surface area contributed by atoms with E-state index in [9.17, 15) is 4.79 Å². The van der Waals surface area contributed by atoms with Gasteiger partial charge in [0.2, 0.25) is 0 Å². The fourth-order valence-electron chi connectivity index (χ4n) is 0.928. The molecule has 0 amide bonds. The quantitative estimate of drug-likeness (QED) is 0.624. The zero-order valence-electron chi connectivity index (χ0n) is 8.63. The zero-order chi connectivity index (χ0) is 10.3. The number of hydrogen-bond acceptors (Lipinski definition) is 4. The molecule has 0 aromatic heterocycles. The van der Waals surface area contributed by atoms with E-state index in [-0.39, 0.29) is 12.4 Å². The molecule has 4 heteroatoms. The van der Waals surface area contributed by atoms with Gasteiger partial charge in [0.1, 0.15) is 0 Å². The lowest BCUT2D eigenvalue weighted by Gasteiger charge is -2.22. The molecular formula is C9H19NO3. The average molecular weight is 189 g/mol. The Labute approximate surface area is 79.4 Å². The molecule has 1 atom stereocenters. The van der Waals surface area contributed by atoms with E-state index in [1.54, 1.807) is 13.8 Å². The van der Waals surface area contributed by atoms with Gasteiger partial charge in [-0.05, 0) is 20.8 Å². The van der Waals surface area contributed by atoms with Crippen molar-refractivity contribution in [1.82, 2.24) is 0 Å². The molecule has 0 aliphatic heterocycles. The van der Waals surface area contributed by atoms with Gasteiger partial charge in [-0.2, -0.15) is 0 Å². The van der Waals surface area contributed by atoms with Crippen LogP contribution in [0.5, 0.6) is 0 Å². The molecule has 13 heavy (non-hydrogen) atoms. The van der Waals surface area contributed by atoms with Crippen molar-refractivity contribution in [1.29, 1.82) is 0 Å². The summed E-state index contributed by atoms with van der Waals surface area (Å²) in [5, 5.41) is 0. The maximum absolute atomic E-state index is 11.1. The molecule has 78 valence electrons. The van der Waals surface area contributed by atoms with E-state index in [0.717, 1.165) is 0 Å². The van der Waals surface area contributed by atoms with Crippen LogP contribution in [0.1, 0.15) is 27.2 Å². The molecule has 4 nitrogen and oxygen atoms in total. The molecule has 0 heterocycles. The van der Waals surface area contributed by atoms with Crippen LogP contribution in [0.15, 0.2) is 0 Å². The Morgan fingerprint density at radius 1 is 1.38 bits per heavy atom. The van der Waals surface area contributed by atoms with Crippen molar-refractivity contribution in [2.75, 3.05) is 19.8 Å². The Morgan fingerprint density at radius 2 is 2.00 bits per heavy atom. The third kappa shape index (κ3) is 6.54. The zero-order valence-corrected chi connectivity index (χ0v) is 8.63. The molecule has 0 saturated heterocycles. The largest absolute Gasteiger partial charge is 0.466 e. The molecule has 0 aliphatic carbocycles. The van der Waals surface area contributed by atoms with Gasteiger partial charge in [-0.25, -0.2) is 0 Å². The maximum Gasteiger partial charge on any atom is 0.307 e. The van der Waals surface area contributed by atoms with Crippen LogP contribution in [0, 0.1) is 0 Å². The first-order valence-corrected chi connectivity index (χ1v) is 4.54. The number of carbonyl (C=O) groups is 1. The molecule has 0 saturated carbocycles. The predicted molar refractivity (Wildman–Crippen MR) is 50.3 cm³/mol. The average Bonchev–Trinajstić information content (AvgIpc) is 2.00. The molecule has 0 aliphatic rings. The standard InChI is InChI=1S/C9H19NO3/c1-4-12-7-9(3,10)6-8(11)13-5-2/h4-7,10H2,1-3H3. The lowest BCUT2D eigenvalue weighted by atomic mass is 10.0. The van der Waals surface area contributed by atoms with Gasteiger partial charge in [0.05, 0.1) is 19.6 Å². The molecular weight excluding hydrogens is 170 g/mol. The van der Waals surface area contributed by atoms with E-state index in [4.69, 9.17) is 15.2 Å². The number of rotatable bonds is 6. The van der Waals surface area contributed by atoms with E-state index in [2.05, 4.69) is 0 Å². The van der Waals surface area contributed by atoms with Crippen molar-refractivity contribution in [2.45, 2.75) is 32.7 Å². The Bertz CT molecular complexity index is 157. The topological polar surface area (TPSA) is 61.5 Å². The second-order valence-corrected chi connectivity index (χ2v) is 3.27. The second kappa shape index (κ2) is 5.94. The van der Waals surface area contributed by atoms with Crippen molar-refractivity contribution in [3.63, 3.8) is 0 Å². The lowest BCUT2D eigenvalue weighted by Crippen LogP contribution is -2.43. The van der Waals surface area contributed by atoms with Crippen LogP contribution >= 0.6 is 0 Å². The molecule has 0 radical (unpaired) electrons. The van der Waals surface area contributed by atoms with Gasteiger partial charge in [0.15, 0.2) is 0 Å². The molecule has 0 aromatic rings. The highest BCUT2D eigenvalue weighted by Gasteiger charge is 2.23. The summed E-state index contributed by atoms with van der Waals surface area (Å²) < 4.78 is 9.93. The predicted octanol–water partition coefficient (Wildman–Crippen LogP) is 0.694. The minimum Gasteiger partial charge on any atom is -0.466 e. The van der Waals surface area contributed by atoms with Crippen LogP contribution in [0.4, 0.5) is 0 Å². The van der Waals surface area contributed by atoms with E-state index in [0.29, 0.717) is 19.8 Å². The Hall–Kier alpha value is -0.610. The second-order valence-electron chi connectivity index (χ2n) is 3.27. The van der Waals surface area contributed by atoms with E-state index in [1.807, 2.05) is 6.92 Å². The van der Waals surface area contributed by atoms with Gasteiger partial charge in [0.25, 0.3) is 0 Å². The molecule has 0 bridgehead atoms. The van der Waals surface area contributed by atoms with Crippen LogP contribution in [0.25, 0.3) is 0 Å². The molecule has 2 N–H and O–H groups in total. The van der Waals surface area contributed by atoms with Gasteiger partial charge < -0.3 is 15.2 Å². The van der Waals surface area contributed by atoms with Crippen LogP contribution in [0.3, 0.4) is 0 Å². The Balaban J connectivity index is 3.79. The van der Waals surface area contributed by atoms with Crippen molar-refractivity contribution < 1.29 is 14.3 Å². The Morgan fingerprint density at radius 3 is 2.46 bits per heavy atom. The summed E-state index contributed by atoms with van der Waals surface area (Å²) in [5.41, 5.74) is 5.19. The van der Waals surface area contributed by atoms with Gasteiger partial charge in [-0.15, -0.1) is 0 Å². The van der Waals surface area contributed by atoms with Gasteiger partial charge in [-0.1, -0.05) is 0 Å². The van der Waals surface area contributed by atoms with Crippen molar-refractivity contribution in [2.24, 2.45) is 5.73 Å². The summed E-state index contributed by atoms with van der Waals surface area (Å²) in [5.74, 6) is -0.271. The van der Waals surface area contributed by atoms with E-state index >= 15 is 0 Å². The van der Waals surface area contributed by atoms with Gasteiger partial charge in [-0.3, -0.25) is 4.79 Å². The third-order valence-electron chi connectivity index (χ3n) is 1.49. The first kappa shape index (κ1) is 12.4. The smallest absolute Gasteiger partial charge is 0.307 e. The Kier molecular flexibility index (Phi) is 5.66. The van der Waals surface area contributed by atoms with Crippen molar-refractivity contribution in [3.8, 4) is 0 Å². The summed E-state index contributed by atoms with van der Waals surface area (Å²) >= 11 is 0. The number of esters is 1. The normalized spacial score (nSPS) is 15.1. The molecule has 0 aromatic carbocycles. The van der Waals surface area contributed by atoms with E-state index in [1.165, 1.54) is 0 Å². The minimum absolute atomic E-state index is 0.195. The first-order valence-electron chi connectivity index (χ1n) is 4.54. The highest BCUT2D eigenvalue weighted by Crippen LogP contribution is 2.07. The number of nitrogens with two attached hydrogens (primary N) is 1. The first-order chi connectivity index (χ1) is 6.02. The van der Waals surface area contributed by atoms with Gasteiger partial charge >= 0.3 is 5.97 Å². The van der Waals surface area contributed by atoms with Crippen LogP contribution in [0.2, 0.25) is 0 Å². The van der Waals surface area contributed by atoms with Crippen molar-refractivity contribution in [3.05, 3.63) is 0 Å². The van der Waals surface area contributed by atoms with E-state index < -0.39 is 5.54 Å². The molecule has 0 spiro atoms. The highest BCUT2D eigenvalue weighted by atomic mass is 16.5. The monoisotopic (exact) mass is 189 g/mol. The van der Waals surface area contributed by atoms with Crippen LogP contribution in [-0.4, -0.2) is 31.3 Å². The van der Waals surface area contributed by atoms with Gasteiger partial charge in [0, 0.05) is 12.1 Å². The maximum atomic E-state index is 11.1. The van der Waals surface area contributed by atoms with Crippen molar-refractivity contribution >= 4 is 5.97 Å². The lowest BCUT2D eigenvalue weighted by molar-refractivity contribution is -0.144. The number of carbonyl (C=O) groups excluding carboxylic acids is 1. The summed E-state index contributed by atoms with van der Waals surface area (Å²) in [4.78, 5) is 11.1. The fraction of sp³-hybridized carbons (Fsp3) is 0.889. The number of ether oxygens (including phenoxy) is 2. The summed E-state index contributed by atoms with van der Waals surface area (Å²) in [7, 11) is 0. The molecule has 0 rings (SSSR count). The fourth-order valence-corrected chi connectivity index (χ4v) is 0.928. The summed E-state index contributed by atoms with van der Waals surface area (Å²) in [6.07, 6.45) is 0.195. The highest BCUT2D eigenvalue weighted by molar-refractivity contribution is 5.70. The van der Waals surface area contributed by atoms with Crippen LogP contribution < -0.4 is 5.73 Å². The SMILES string of the molecule is CCOCC(C)(N)CC(=O)OCC. The third-order valence-corrected chi connectivity index (χ3v) is 1.49.